The first-order valence-electron chi connectivity index (χ1n) is 8.80. The van der Waals surface area contributed by atoms with Crippen molar-refractivity contribution in [3.8, 4) is 5.75 Å². The summed E-state index contributed by atoms with van der Waals surface area (Å²) in [5.41, 5.74) is 3.16. The molecule has 0 radical (unpaired) electrons. The van der Waals surface area contributed by atoms with Gasteiger partial charge in [-0.05, 0) is 53.8 Å². The zero-order valence-electron chi connectivity index (χ0n) is 14.3. The van der Waals surface area contributed by atoms with E-state index in [-0.39, 0.29) is 11.9 Å². The molecule has 4 rings (SSSR count). The minimum Gasteiger partial charge on any atom is -0.493 e. The molecule has 0 saturated carbocycles. The topological polar surface area (TPSA) is 38.3 Å². The van der Waals surface area contributed by atoms with Gasteiger partial charge in [-0.1, -0.05) is 48.5 Å². The molecular formula is C22H21NO2. The summed E-state index contributed by atoms with van der Waals surface area (Å²) in [6.07, 6.45) is 1.96. The summed E-state index contributed by atoms with van der Waals surface area (Å²) >= 11 is 0. The van der Waals surface area contributed by atoms with E-state index >= 15 is 0 Å². The van der Waals surface area contributed by atoms with Crippen LogP contribution >= 0.6 is 0 Å². The summed E-state index contributed by atoms with van der Waals surface area (Å²) < 4.78 is 5.74. The summed E-state index contributed by atoms with van der Waals surface area (Å²) in [6.45, 7) is 2.47. The zero-order chi connectivity index (χ0) is 17.2. The first kappa shape index (κ1) is 15.7. The molecular weight excluding hydrogens is 310 g/mol. The van der Waals surface area contributed by atoms with Gasteiger partial charge in [0, 0.05) is 0 Å². The Morgan fingerprint density at radius 3 is 2.60 bits per heavy atom. The molecule has 0 unspecified atom stereocenters. The molecule has 1 aliphatic rings. The summed E-state index contributed by atoms with van der Waals surface area (Å²) in [5.74, 6) is 0.570. The van der Waals surface area contributed by atoms with E-state index in [4.69, 9.17) is 4.74 Å². The van der Waals surface area contributed by atoms with Crippen molar-refractivity contribution < 1.29 is 9.53 Å². The molecule has 0 aromatic heterocycles. The second kappa shape index (κ2) is 6.60. The van der Waals surface area contributed by atoms with Gasteiger partial charge >= 0.3 is 0 Å². The van der Waals surface area contributed by atoms with Crippen LogP contribution in [0.4, 0.5) is 0 Å². The smallest absolute Gasteiger partial charge is 0.255 e. The monoisotopic (exact) mass is 331 g/mol. The van der Waals surface area contributed by atoms with Crippen LogP contribution in [-0.2, 0) is 6.42 Å². The largest absolute Gasteiger partial charge is 0.493 e. The Hall–Kier alpha value is -2.81. The van der Waals surface area contributed by atoms with Gasteiger partial charge in [0.25, 0.3) is 5.91 Å². The normalized spacial score (nSPS) is 15.8. The predicted octanol–water partition coefficient (Wildman–Crippen LogP) is 4.66. The number of aryl methyl sites for hydroxylation is 1. The lowest BCUT2D eigenvalue weighted by Crippen LogP contribution is -2.27. The number of carbonyl (C=O) groups excluding carboxylic acids is 1. The van der Waals surface area contributed by atoms with Crippen molar-refractivity contribution >= 4 is 16.7 Å². The molecule has 0 saturated heterocycles. The second-order valence-corrected chi connectivity index (χ2v) is 6.39. The minimum atomic E-state index is -0.0732. The Labute approximate surface area is 147 Å². The summed E-state index contributed by atoms with van der Waals surface area (Å²) in [5, 5.41) is 5.32. The number of fused-ring (bicyclic) bond motifs is 2. The van der Waals surface area contributed by atoms with Crippen LogP contribution in [0, 0.1) is 0 Å². The van der Waals surface area contributed by atoms with E-state index in [2.05, 4.69) is 23.5 Å². The molecule has 1 amide bonds. The van der Waals surface area contributed by atoms with Gasteiger partial charge in [0.05, 0.1) is 18.2 Å². The number of ether oxygens (including phenoxy) is 1. The van der Waals surface area contributed by atoms with E-state index in [9.17, 15) is 4.79 Å². The molecule has 1 N–H and O–H groups in total. The minimum absolute atomic E-state index is 0.0732. The third-order valence-corrected chi connectivity index (χ3v) is 4.83. The molecule has 3 nitrogen and oxygen atoms in total. The first-order chi connectivity index (χ1) is 12.3. The number of rotatable bonds is 4. The molecule has 0 aliphatic heterocycles. The summed E-state index contributed by atoms with van der Waals surface area (Å²) in [6, 6.07) is 20.3. The molecule has 3 heteroatoms. The van der Waals surface area contributed by atoms with Gasteiger partial charge in [0.1, 0.15) is 5.75 Å². The Bertz CT molecular complexity index is 932. The van der Waals surface area contributed by atoms with Crippen LogP contribution in [0.15, 0.2) is 60.7 Å². The first-order valence-corrected chi connectivity index (χ1v) is 8.80. The standard InChI is InChI=1S/C22H21NO2/c1-2-25-21-14-17-9-4-3-8-16(17)13-19(21)22(24)23-20-12-11-15-7-5-6-10-18(15)20/h3-10,13-14,20H,2,11-12H2,1H3,(H,23,24)/t20-/m1/s1. The van der Waals surface area contributed by atoms with Crippen LogP contribution < -0.4 is 10.1 Å². The molecule has 0 bridgehead atoms. The lowest BCUT2D eigenvalue weighted by molar-refractivity contribution is 0.0933. The van der Waals surface area contributed by atoms with Crippen LogP contribution in [-0.4, -0.2) is 12.5 Å². The molecule has 3 aromatic rings. The number of amides is 1. The van der Waals surface area contributed by atoms with Crippen molar-refractivity contribution in [2.75, 3.05) is 6.61 Å². The fourth-order valence-electron chi connectivity index (χ4n) is 3.61. The van der Waals surface area contributed by atoms with E-state index < -0.39 is 0 Å². The SMILES string of the molecule is CCOc1cc2ccccc2cc1C(=O)N[C@@H]1CCc2ccccc21. The molecule has 0 fully saturated rings. The molecule has 3 aromatic carbocycles. The lowest BCUT2D eigenvalue weighted by Gasteiger charge is -2.17. The highest BCUT2D eigenvalue weighted by Gasteiger charge is 2.25. The van der Waals surface area contributed by atoms with Gasteiger partial charge < -0.3 is 10.1 Å². The Morgan fingerprint density at radius 1 is 1.08 bits per heavy atom. The number of hydrogen-bond donors (Lipinski definition) is 1. The highest BCUT2D eigenvalue weighted by Crippen LogP contribution is 2.32. The third-order valence-electron chi connectivity index (χ3n) is 4.83. The third kappa shape index (κ3) is 2.98. The van der Waals surface area contributed by atoms with Crippen molar-refractivity contribution in [1.82, 2.24) is 5.32 Å². The van der Waals surface area contributed by atoms with Gasteiger partial charge in [-0.15, -0.1) is 0 Å². The van der Waals surface area contributed by atoms with E-state index in [1.54, 1.807) is 0 Å². The fraction of sp³-hybridized carbons (Fsp3) is 0.227. The van der Waals surface area contributed by atoms with Gasteiger partial charge in [-0.25, -0.2) is 0 Å². The Kier molecular flexibility index (Phi) is 4.14. The highest BCUT2D eigenvalue weighted by molar-refractivity contribution is 6.01. The van der Waals surface area contributed by atoms with E-state index in [1.807, 2.05) is 49.4 Å². The lowest BCUT2D eigenvalue weighted by atomic mass is 10.0. The van der Waals surface area contributed by atoms with Crippen LogP contribution in [0.25, 0.3) is 10.8 Å². The fourth-order valence-corrected chi connectivity index (χ4v) is 3.61. The predicted molar refractivity (Wildman–Crippen MR) is 100 cm³/mol. The van der Waals surface area contributed by atoms with Crippen LogP contribution in [0.5, 0.6) is 5.75 Å². The summed E-state index contributed by atoms with van der Waals surface area (Å²) in [7, 11) is 0. The average Bonchev–Trinajstić information content (AvgIpc) is 3.04. The van der Waals surface area contributed by atoms with Crippen molar-refractivity contribution in [2.24, 2.45) is 0 Å². The van der Waals surface area contributed by atoms with Crippen molar-refractivity contribution in [1.29, 1.82) is 0 Å². The number of benzene rings is 3. The molecule has 126 valence electrons. The Morgan fingerprint density at radius 2 is 1.80 bits per heavy atom. The molecule has 25 heavy (non-hydrogen) atoms. The molecule has 0 spiro atoms. The second-order valence-electron chi connectivity index (χ2n) is 6.39. The molecule has 1 atom stereocenters. The summed E-state index contributed by atoms with van der Waals surface area (Å²) in [4.78, 5) is 13.0. The van der Waals surface area contributed by atoms with Crippen LogP contribution in [0.2, 0.25) is 0 Å². The molecule has 0 heterocycles. The van der Waals surface area contributed by atoms with Gasteiger partial charge in [-0.2, -0.15) is 0 Å². The van der Waals surface area contributed by atoms with Crippen LogP contribution in [0.1, 0.15) is 40.9 Å². The maximum absolute atomic E-state index is 13.0. The number of hydrogen-bond acceptors (Lipinski definition) is 2. The van der Waals surface area contributed by atoms with Gasteiger partial charge in [0.2, 0.25) is 0 Å². The number of carbonyl (C=O) groups is 1. The Balaban J connectivity index is 1.66. The average molecular weight is 331 g/mol. The van der Waals surface area contributed by atoms with Crippen LogP contribution in [0.3, 0.4) is 0 Å². The zero-order valence-corrected chi connectivity index (χ0v) is 14.3. The van der Waals surface area contributed by atoms with Crippen molar-refractivity contribution in [3.63, 3.8) is 0 Å². The molecule has 1 aliphatic carbocycles. The van der Waals surface area contributed by atoms with Gasteiger partial charge in [-0.3, -0.25) is 4.79 Å². The highest BCUT2D eigenvalue weighted by atomic mass is 16.5. The van der Waals surface area contributed by atoms with Crippen molar-refractivity contribution in [2.45, 2.75) is 25.8 Å². The van der Waals surface area contributed by atoms with E-state index in [0.29, 0.717) is 17.9 Å². The maximum Gasteiger partial charge on any atom is 0.255 e. The quantitative estimate of drug-likeness (QED) is 0.755. The maximum atomic E-state index is 13.0. The number of nitrogens with one attached hydrogen (secondary N) is 1. The van der Waals surface area contributed by atoms with Gasteiger partial charge in [0.15, 0.2) is 0 Å². The van der Waals surface area contributed by atoms with E-state index in [1.165, 1.54) is 11.1 Å². The van der Waals surface area contributed by atoms with Crippen molar-refractivity contribution in [3.05, 3.63) is 77.4 Å². The van der Waals surface area contributed by atoms with E-state index in [0.717, 1.165) is 23.6 Å².